The van der Waals surface area contributed by atoms with Gasteiger partial charge in [-0.25, -0.2) is 4.79 Å². The fourth-order valence-electron chi connectivity index (χ4n) is 3.91. The Morgan fingerprint density at radius 3 is 2.50 bits per heavy atom. The van der Waals surface area contributed by atoms with Gasteiger partial charge in [0.1, 0.15) is 0 Å². The van der Waals surface area contributed by atoms with Crippen molar-refractivity contribution in [3.8, 4) is 0 Å². The summed E-state index contributed by atoms with van der Waals surface area (Å²) in [6.07, 6.45) is 0. The molecule has 3 aliphatic rings. The third-order valence-corrected chi connectivity index (χ3v) is 5.55. The smallest absolute Gasteiger partial charge is 0.319 e. The van der Waals surface area contributed by atoms with Crippen molar-refractivity contribution in [2.24, 2.45) is 0 Å². The summed E-state index contributed by atoms with van der Waals surface area (Å²) in [5.74, 6) is -0.00237. The van der Waals surface area contributed by atoms with E-state index in [-0.39, 0.29) is 11.9 Å². The van der Waals surface area contributed by atoms with Crippen molar-refractivity contribution in [3.05, 3.63) is 41.1 Å². The molecule has 8 nitrogen and oxygen atoms in total. The standard InChI is InChI=1S/C20H27N5O3/c1-23(2)15-5-3-14(4-6-15)18-17-16(21-20(27)22-18)13-25(19(17)26)8-7-24-9-11-28-12-10-24/h3-6,18H,7-13H2,1-2H3,(H2,21,22,27)/t18-/m0/s1. The van der Waals surface area contributed by atoms with Gasteiger partial charge in [0, 0.05) is 46.0 Å². The molecule has 8 heteroatoms. The molecule has 150 valence electrons. The number of nitrogens with one attached hydrogen (secondary N) is 2. The summed E-state index contributed by atoms with van der Waals surface area (Å²) in [7, 11) is 3.96. The van der Waals surface area contributed by atoms with Crippen LogP contribution in [-0.2, 0) is 9.53 Å². The summed E-state index contributed by atoms with van der Waals surface area (Å²) in [6, 6.07) is 7.27. The van der Waals surface area contributed by atoms with E-state index in [4.69, 9.17) is 4.74 Å². The van der Waals surface area contributed by atoms with Crippen LogP contribution < -0.4 is 15.5 Å². The topological polar surface area (TPSA) is 77.2 Å². The first kappa shape index (κ1) is 18.8. The van der Waals surface area contributed by atoms with Gasteiger partial charge in [-0.15, -0.1) is 0 Å². The summed E-state index contributed by atoms with van der Waals surface area (Å²) in [4.78, 5) is 31.4. The number of morpholine rings is 1. The van der Waals surface area contributed by atoms with E-state index >= 15 is 0 Å². The van der Waals surface area contributed by atoms with Crippen LogP contribution in [0.1, 0.15) is 11.6 Å². The number of urea groups is 1. The Morgan fingerprint density at radius 2 is 1.82 bits per heavy atom. The number of ether oxygens (including phenoxy) is 1. The van der Waals surface area contributed by atoms with Gasteiger partial charge in [0.25, 0.3) is 5.91 Å². The highest BCUT2D eigenvalue weighted by Crippen LogP contribution is 2.33. The Labute approximate surface area is 165 Å². The Hall–Kier alpha value is -2.58. The number of amides is 3. The molecule has 0 unspecified atom stereocenters. The largest absolute Gasteiger partial charge is 0.379 e. The molecule has 4 rings (SSSR count). The van der Waals surface area contributed by atoms with Crippen molar-refractivity contribution < 1.29 is 14.3 Å². The zero-order valence-electron chi connectivity index (χ0n) is 16.4. The highest BCUT2D eigenvalue weighted by Gasteiger charge is 2.40. The van der Waals surface area contributed by atoms with Gasteiger partial charge in [0.2, 0.25) is 0 Å². The molecule has 28 heavy (non-hydrogen) atoms. The summed E-state index contributed by atoms with van der Waals surface area (Å²) in [6.45, 7) is 5.20. The first-order valence-corrected chi connectivity index (χ1v) is 9.70. The first-order chi connectivity index (χ1) is 13.5. The maximum Gasteiger partial charge on any atom is 0.319 e. The molecule has 0 radical (unpaired) electrons. The number of carbonyl (C=O) groups is 2. The molecule has 1 fully saturated rings. The minimum Gasteiger partial charge on any atom is -0.379 e. The van der Waals surface area contributed by atoms with Crippen molar-refractivity contribution >= 4 is 17.6 Å². The van der Waals surface area contributed by atoms with E-state index in [1.807, 2.05) is 48.2 Å². The number of rotatable bonds is 5. The van der Waals surface area contributed by atoms with E-state index in [2.05, 4.69) is 15.5 Å². The van der Waals surface area contributed by atoms with Gasteiger partial charge in [-0.3, -0.25) is 9.69 Å². The maximum atomic E-state index is 13.1. The van der Waals surface area contributed by atoms with Crippen molar-refractivity contribution in [1.82, 2.24) is 20.4 Å². The molecule has 0 saturated carbocycles. The van der Waals surface area contributed by atoms with Gasteiger partial charge < -0.3 is 25.2 Å². The minimum absolute atomic E-state index is 0.00237. The van der Waals surface area contributed by atoms with Crippen LogP contribution >= 0.6 is 0 Å². The van der Waals surface area contributed by atoms with Crippen LogP contribution in [0, 0.1) is 0 Å². The number of hydrogen-bond acceptors (Lipinski definition) is 5. The van der Waals surface area contributed by atoms with Crippen LogP contribution in [0.25, 0.3) is 0 Å². The number of nitrogens with zero attached hydrogens (tertiary/aromatic N) is 3. The molecule has 1 aromatic carbocycles. The molecule has 0 aromatic heterocycles. The van der Waals surface area contributed by atoms with E-state index in [1.165, 1.54) is 0 Å². The molecule has 0 spiro atoms. The first-order valence-electron chi connectivity index (χ1n) is 9.70. The lowest BCUT2D eigenvalue weighted by atomic mass is 9.96. The highest BCUT2D eigenvalue weighted by atomic mass is 16.5. The monoisotopic (exact) mass is 385 g/mol. The average molecular weight is 385 g/mol. The Balaban J connectivity index is 1.49. The fourth-order valence-corrected chi connectivity index (χ4v) is 3.91. The van der Waals surface area contributed by atoms with Crippen LogP contribution in [-0.4, -0.2) is 81.8 Å². The normalized spacial score (nSPS) is 22.8. The van der Waals surface area contributed by atoms with Crippen LogP contribution in [0.2, 0.25) is 0 Å². The third-order valence-electron chi connectivity index (χ3n) is 5.55. The van der Waals surface area contributed by atoms with Gasteiger partial charge in [0.15, 0.2) is 0 Å². The molecule has 2 N–H and O–H groups in total. The molecule has 1 atom stereocenters. The van der Waals surface area contributed by atoms with Gasteiger partial charge in [-0.2, -0.15) is 0 Å². The zero-order valence-corrected chi connectivity index (χ0v) is 16.4. The quantitative estimate of drug-likeness (QED) is 0.774. The van der Waals surface area contributed by atoms with E-state index < -0.39 is 6.04 Å². The number of carbonyl (C=O) groups excluding carboxylic acids is 2. The molecule has 3 amide bonds. The maximum absolute atomic E-state index is 13.1. The second-order valence-corrected chi connectivity index (χ2v) is 7.59. The number of anilines is 1. The summed E-state index contributed by atoms with van der Waals surface area (Å²) >= 11 is 0. The number of hydrogen-bond donors (Lipinski definition) is 2. The lowest BCUT2D eigenvalue weighted by molar-refractivity contribution is -0.126. The predicted octanol–water partition coefficient (Wildman–Crippen LogP) is 0.535. The molecule has 3 heterocycles. The Bertz CT molecular complexity index is 784. The molecule has 3 aliphatic heterocycles. The zero-order chi connectivity index (χ0) is 19.7. The van der Waals surface area contributed by atoms with Crippen molar-refractivity contribution in [2.45, 2.75) is 6.04 Å². The summed E-state index contributed by atoms with van der Waals surface area (Å²) in [5, 5.41) is 5.74. The van der Waals surface area contributed by atoms with E-state index in [0.29, 0.717) is 18.7 Å². The molecule has 1 aromatic rings. The lowest BCUT2D eigenvalue weighted by Gasteiger charge is -2.28. The lowest BCUT2D eigenvalue weighted by Crippen LogP contribution is -2.44. The molecule has 0 aliphatic carbocycles. The van der Waals surface area contributed by atoms with Crippen molar-refractivity contribution in [1.29, 1.82) is 0 Å². The minimum atomic E-state index is -0.416. The van der Waals surface area contributed by atoms with Gasteiger partial charge in [-0.05, 0) is 17.7 Å². The van der Waals surface area contributed by atoms with Gasteiger partial charge >= 0.3 is 6.03 Å². The van der Waals surface area contributed by atoms with Crippen LogP contribution in [0.15, 0.2) is 35.5 Å². The second kappa shape index (κ2) is 7.81. The molecular weight excluding hydrogens is 358 g/mol. The van der Waals surface area contributed by atoms with E-state index in [1.54, 1.807) is 0 Å². The van der Waals surface area contributed by atoms with Crippen LogP contribution in [0.4, 0.5) is 10.5 Å². The van der Waals surface area contributed by atoms with Gasteiger partial charge in [0.05, 0.1) is 37.1 Å². The third kappa shape index (κ3) is 3.70. The SMILES string of the molecule is CN(C)c1ccc([C@@H]2NC(=O)NC3=C2C(=O)N(CCN2CCOCC2)C3)cc1. The fraction of sp³-hybridized carbons (Fsp3) is 0.500. The number of benzene rings is 1. The van der Waals surface area contributed by atoms with E-state index in [0.717, 1.165) is 49.8 Å². The van der Waals surface area contributed by atoms with Crippen LogP contribution in [0.3, 0.4) is 0 Å². The predicted molar refractivity (Wildman–Crippen MR) is 106 cm³/mol. The molecular formula is C20H27N5O3. The molecule has 0 bridgehead atoms. The Kier molecular flexibility index (Phi) is 5.23. The van der Waals surface area contributed by atoms with Crippen LogP contribution in [0.5, 0.6) is 0 Å². The summed E-state index contributed by atoms with van der Waals surface area (Å²) in [5.41, 5.74) is 3.36. The van der Waals surface area contributed by atoms with Crippen molar-refractivity contribution in [3.63, 3.8) is 0 Å². The highest BCUT2D eigenvalue weighted by molar-refractivity contribution is 6.01. The second-order valence-electron chi connectivity index (χ2n) is 7.59. The summed E-state index contributed by atoms with van der Waals surface area (Å²) < 4.78 is 5.38. The van der Waals surface area contributed by atoms with E-state index in [9.17, 15) is 9.59 Å². The Morgan fingerprint density at radius 1 is 1.11 bits per heavy atom. The van der Waals surface area contributed by atoms with Gasteiger partial charge in [-0.1, -0.05) is 12.1 Å². The molecule has 1 saturated heterocycles. The average Bonchev–Trinajstić information content (AvgIpc) is 3.02. The van der Waals surface area contributed by atoms with Crippen molar-refractivity contribution in [2.75, 3.05) is 64.9 Å².